The summed E-state index contributed by atoms with van der Waals surface area (Å²) in [4.78, 5) is 21.6. The number of hydrogen-bond donors (Lipinski definition) is 1. The first-order valence-electron chi connectivity index (χ1n) is 8.75. The quantitative estimate of drug-likeness (QED) is 0.458. The van der Waals surface area contributed by atoms with Crippen LogP contribution in [0.2, 0.25) is 0 Å². The summed E-state index contributed by atoms with van der Waals surface area (Å²) in [6, 6.07) is 2.25. The van der Waals surface area contributed by atoms with Crippen LogP contribution in [-0.4, -0.2) is 71.5 Å². The topological polar surface area (TPSA) is 66.8 Å². The Kier molecular flexibility index (Phi) is 8.14. The second kappa shape index (κ2) is 9.45. The highest BCUT2D eigenvalue weighted by atomic mass is 19.4. The van der Waals surface area contributed by atoms with E-state index in [2.05, 4.69) is 4.74 Å². The highest BCUT2D eigenvalue weighted by Crippen LogP contribution is 2.50. The standard InChI is InChI=1S/C17H11F14NO4/c1-36-9-6-7(2-3-8(9)33)4-5-32(10(34)12(18,19)14(22,23)16(26,27)28)11(35)13(20,21)15(24,25)17(29,30)31/h2-3,6,33H,4-5H2,1H3. The van der Waals surface area contributed by atoms with Crippen LogP contribution in [0, 0.1) is 0 Å². The third kappa shape index (κ3) is 5.23. The van der Waals surface area contributed by atoms with Gasteiger partial charge in [0.2, 0.25) is 0 Å². The summed E-state index contributed by atoms with van der Waals surface area (Å²) in [7, 11) is 0.928. The largest absolute Gasteiger partial charge is 0.504 e. The van der Waals surface area contributed by atoms with Crippen LogP contribution in [0.3, 0.4) is 0 Å². The van der Waals surface area contributed by atoms with Crippen molar-refractivity contribution in [2.24, 2.45) is 0 Å². The van der Waals surface area contributed by atoms with Crippen LogP contribution >= 0.6 is 0 Å². The van der Waals surface area contributed by atoms with Gasteiger partial charge in [-0.05, 0) is 24.1 Å². The van der Waals surface area contributed by atoms with Crippen molar-refractivity contribution in [2.75, 3.05) is 13.7 Å². The maximum atomic E-state index is 13.8. The van der Waals surface area contributed by atoms with Crippen molar-refractivity contribution in [3.05, 3.63) is 23.8 Å². The summed E-state index contributed by atoms with van der Waals surface area (Å²) in [6.07, 6.45) is -15.8. The average Bonchev–Trinajstić information content (AvgIpc) is 2.72. The summed E-state index contributed by atoms with van der Waals surface area (Å²) in [5.74, 6) is -38.3. The molecule has 0 radical (unpaired) electrons. The van der Waals surface area contributed by atoms with Crippen LogP contribution in [0.1, 0.15) is 5.56 Å². The van der Waals surface area contributed by atoms with Gasteiger partial charge in [0.05, 0.1) is 7.11 Å². The number of rotatable bonds is 8. The minimum Gasteiger partial charge on any atom is -0.504 e. The lowest BCUT2D eigenvalue weighted by Gasteiger charge is -2.34. The van der Waals surface area contributed by atoms with Crippen molar-refractivity contribution in [2.45, 2.75) is 42.5 Å². The van der Waals surface area contributed by atoms with E-state index in [-0.39, 0.29) is 0 Å². The molecule has 0 bridgehead atoms. The lowest BCUT2D eigenvalue weighted by Crippen LogP contribution is -2.66. The molecule has 36 heavy (non-hydrogen) atoms. The van der Waals surface area contributed by atoms with Gasteiger partial charge in [-0.1, -0.05) is 6.07 Å². The van der Waals surface area contributed by atoms with E-state index in [0.29, 0.717) is 0 Å². The van der Waals surface area contributed by atoms with Crippen LogP contribution in [0.15, 0.2) is 18.2 Å². The Balaban J connectivity index is 3.61. The molecule has 0 unspecified atom stereocenters. The number of halogens is 14. The number of phenolic OH excluding ortho intramolecular Hbond substituents is 1. The zero-order valence-corrected chi connectivity index (χ0v) is 17.1. The molecule has 0 aromatic heterocycles. The Bertz CT molecular complexity index is 937. The number of nitrogens with zero attached hydrogens (tertiary/aromatic N) is 1. The third-order valence-corrected chi connectivity index (χ3v) is 4.40. The van der Waals surface area contributed by atoms with Crippen LogP contribution < -0.4 is 4.74 Å². The number of carbonyl (C=O) groups excluding carboxylic acids is 2. The zero-order valence-electron chi connectivity index (χ0n) is 17.1. The van der Waals surface area contributed by atoms with Crippen molar-refractivity contribution in [3.63, 3.8) is 0 Å². The minimum absolute atomic E-state index is 0.424. The molecule has 1 aromatic carbocycles. The molecule has 0 heterocycles. The molecule has 206 valence electrons. The summed E-state index contributed by atoms with van der Waals surface area (Å²) in [5, 5.41) is 9.41. The minimum atomic E-state index is -7.38. The highest BCUT2D eigenvalue weighted by molar-refractivity contribution is 6.02. The number of imide groups is 1. The van der Waals surface area contributed by atoms with Gasteiger partial charge in [0, 0.05) is 6.54 Å². The first-order chi connectivity index (χ1) is 15.9. The van der Waals surface area contributed by atoms with E-state index in [4.69, 9.17) is 0 Å². The highest BCUT2D eigenvalue weighted by Gasteiger charge is 2.80. The lowest BCUT2D eigenvalue weighted by atomic mass is 10.1. The molecule has 0 atom stereocenters. The van der Waals surface area contributed by atoms with Gasteiger partial charge >= 0.3 is 47.9 Å². The summed E-state index contributed by atoms with van der Waals surface area (Å²) in [6.45, 7) is -2.11. The van der Waals surface area contributed by atoms with Crippen LogP contribution in [0.5, 0.6) is 11.5 Å². The zero-order chi connectivity index (χ0) is 28.7. The number of benzene rings is 1. The van der Waals surface area contributed by atoms with E-state index >= 15 is 0 Å². The first kappa shape index (κ1) is 31.0. The number of hydrogen-bond acceptors (Lipinski definition) is 4. The van der Waals surface area contributed by atoms with E-state index in [1.54, 1.807) is 0 Å². The molecular formula is C17H11F14NO4. The predicted molar refractivity (Wildman–Crippen MR) is 87.0 cm³/mol. The molecule has 0 saturated heterocycles. The Hall–Kier alpha value is -3.02. The van der Waals surface area contributed by atoms with E-state index in [1.165, 1.54) is 0 Å². The van der Waals surface area contributed by atoms with Gasteiger partial charge in [0.25, 0.3) is 0 Å². The Morgan fingerprint density at radius 3 is 1.50 bits per heavy atom. The maximum absolute atomic E-state index is 13.8. The number of amides is 2. The van der Waals surface area contributed by atoms with E-state index in [0.717, 1.165) is 25.3 Å². The van der Waals surface area contributed by atoms with E-state index < -0.39 is 82.8 Å². The van der Waals surface area contributed by atoms with Crippen molar-refractivity contribution in [3.8, 4) is 11.5 Å². The monoisotopic (exact) mass is 559 g/mol. The van der Waals surface area contributed by atoms with Crippen LogP contribution in [0.25, 0.3) is 0 Å². The molecule has 0 spiro atoms. The fraction of sp³-hybridized carbons (Fsp3) is 0.529. The molecule has 0 aliphatic rings. The Morgan fingerprint density at radius 2 is 1.17 bits per heavy atom. The van der Waals surface area contributed by atoms with E-state index in [9.17, 15) is 76.2 Å². The van der Waals surface area contributed by atoms with Crippen molar-refractivity contribution in [1.82, 2.24) is 4.90 Å². The summed E-state index contributed by atoms with van der Waals surface area (Å²) >= 11 is 0. The fourth-order valence-corrected chi connectivity index (χ4v) is 2.38. The van der Waals surface area contributed by atoms with Crippen molar-refractivity contribution >= 4 is 11.8 Å². The van der Waals surface area contributed by atoms with Gasteiger partial charge in [0.15, 0.2) is 11.5 Å². The number of phenols is 1. The van der Waals surface area contributed by atoms with Gasteiger partial charge in [-0.25, -0.2) is 0 Å². The summed E-state index contributed by atoms with van der Waals surface area (Å²) < 4.78 is 187. The van der Waals surface area contributed by atoms with Crippen molar-refractivity contribution < 1.29 is 80.9 Å². The molecular weight excluding hydrogens is 548 g/mol. The second-order valence-electron chi connectivity index (χ2n) is 6.81. The van der Waals surface area contributed by atoms with Gasteiger partial charge in [0.1, 0.15) is 0 Å². The summed E-state index contributed by atoms with van der Waals surface area (Å²) in [5.41, 5.74) is -0.424. The smallest absolute Gasteiger partial charge is 0.460 e. The van der Waals surface area contributed by atoms with Crippen LogP contribution in [0.4, 0.5) is 61.5 Å². The molecule has 1 aromatic rings. The SMILES string of the molecule is COc1cc(CCN(C(=O)C(F)(F)C(F)(F)C(F)(F)F)C(=O)C(F)(F)C(F)(F)C(F)(F)F)ccc1O. The average molecular weight is 559 g/mol. The third-order valence-electron chi connectivity index (χ3n) is 4.40. The molecule has 0 aliphatic heterocycles. The lowest BCUT2D eigenvalue weighted by molar-refractivity contribution is -0.350. The Labute approximate surface area is 190 Å². The molecule has 2 amide bonds. The molecule has 5 nitrogen and oxygen atoms in total. The molecule has 0 fully saturated rings. The maximum Gasteiger partial charge on any atom is 0.460 e. The van der Waals surface area contributed by atoms with Gasteiger partial charge in [-0.2, -0.15) is 61.5 Å². The number of carbonyl (C=O) groups is 2. The molecule has 19 heteroatoms. The van der Waals surface area contributed by atoms with Crippen LogP contribution in [-0.2, 0) is 16.0 Å². The van der Waals surface area contributed by atoms with Crippen molar-refractivity contribution in [1.29, 1.82) is 0 Å². The molecule has 0 aliphatic carbocycles. The second-order valence-corrected chi connectivity index (χ2v) is 6.81. The predicted octanol–water partition coefficient (Wildman–Crippen LogP) is 4.96. The molecule has 1 rings (SSSR count). The fourth-order valence-electron chi connectivity index (χ4n) is 2.38. The molecule has 1 N–H and O–H groups in total. The number of alkyl halides is 14. The number of aromatic hydroxyl groups is 1. The van der Waals surface area contributed by atoms with Gasteiger partial charge in [-0.15, -0.1) is 0 Å². The van der Waals surface area contributed by atoms with Gasteiger partial charge < -0.3 is 9.84 Å². The Morgan fingerprint density at radius 1 is 0.778 bits per heavy atom. The molecule has 0 saturated carbocycles. The van der Waals surface area contributed by atoms with E-state index in [1.807, 2.05) is 0 Å². The normalized spacial score (nSPS) is 14.0. The van der Waals surface area contributed by atoms with Gasteiger partial charge in [-0.3, -0.25) is 14.5 Å². The first-order valence-corrected chi connectivity index (χ1v) is 8.75. The number of methoxy groups -OCH3 is 1. The number of ether oxygens (including phenoxy) is 1.